The van der Waals surface area contributed by atoms with Gasteiger partial charge in [-0.05, 0) is 49.2 Å². The number of fused-ring (bicyclic) bond motifs is 3. The van der Waals surface area contributed by atoms with Gasteiger partial charge in [-0.2, -0.15) is 0 Å². The maximum absolute atomic E-state index is 13.9. The van der Waals surface area contributed by atoms with Crippen LogP contribution in [0, 0.1) is 5.82 Å². The van der Waals surface area contributed by atoms with Crippen molar-refractivity contribution in [1.29, 1.82) is 0 Å². The molecule has 1 aromatic heterocycles. The van der Waals surface area contributed by atoms with Gasteiger partial charge in [-0.1, -0.05) is 34.5 Å². The molecule has 0 fully saturated rings. The number of nitrogens with two attached hydrogens (primary N) is 1. The number of hydrogen-bond acceptors (Lipinski definition) is 7. The fourth-order valence-corrected chi connectivity index (χ4v) is 6.28. The van der Waals surface area contributed by atoms with Crippen LogP contribution in [0.4, 0.5) is 9.52 Å². The molecule has 1 aliphatic rings. The second-order valence-electron chi connectivity index (χ2n) is 7.27. The lowest BCUT2D eigenvalue weighted by Crippen LogP contribution is -2.18. The van der Waals surface area contributed by atoms with Gasteiger partial charge in [-0.15, -0.1) is 11.8 Å². The Kier molecular flexibility index (Phi) is 6.41. The quantitative estimate of drug-likeness (QED) is 0.329. The van der Waals surface area contributed by atoms with Crippen LogP contribution in [0.3, 0.4) is 0 Å². The van der Waals surface area contributed by atoms with Crippen LogP contribution in [0.2, 0.25) is 10.0 Å². The molecule has 33 heavy (non-hydrogen) atoms. The van der Waals surface area contributed by atoms with Gasteiger partial charge in [0, 0.05) is 28.1 Å². The number of carboxylic acids is 1. The van der Waals surface area contributed by atoms with Crippen LogP contribution in [0.25, 0.3) is 16.8 Å². The van der Waals surface area contributed by atoms with E-state index >= 15 is 0 Å². The summed E-state index contributed by atoms with van der Waals surface area (Å²) in [5, 5.41) is 20.8. The van der Waals surface area contributed by atoms with Crippen molar-refractivity contribution in [3.63, 3.8) is 0 Å². The largest absolute Gasteiger partial charge is 0.508 e. The van der Waals surface area contributed by atoms with E-state index in [1.807, 2.05) is 6.92 Å². The van der Waals surface area contributed by atoms with Crippen molar-refractivity contribution < 1.29 is 19.4 Å². The SMILES string of the molecule is CC(N)=C(C(=Nc1nc2c(s1)SC(C)c1cc(Cl)c(Cl)cc1-2)C(=O)O)c1cc(O)cc(F)c1. The summed E-state index contributed by atoms with van der Waals surface area (Å²) < 4.78 is 14.7. The van der Waals surface area contributed by atoms with Gasteiger partial charge in [0.1, 0.15) is 11.6 Å². The summed E-state index contributed by atoms with van der Waals surface area (Å²) in [6.45, 7) is 3.50. The van der Waals surface area contributed by atoms with E-state index in [-0.39, 0.29) is 33.0 Å². The van der Waals surface area contributed by atoms with E-state index in [0.29, 0.717) is 15.7 Å². The lowest BCUT2D eigenvalue weighted by molar-refractivity contribution is -0.129. The number of allylic oxidation sites excluding steroid dienone is 1. The number of hydrogen-bond donors (Lipinski definition) is 3. The van der Waals surface area contributed by atoms with Crippen LogP contribution >= 0.6 is 46.3 Å². The number of nitrogens with zero attached hydrogens (tertiary/aromatic N) is 2. The third kappa shape index (κ3) is 4.59. The number of phenols is 1. The summed E-state index contributed by atoms with van der Waals surface area (Å²) in [7, 11) is 0. The molecule has 2 aromatic carbocycles. The number of aromatic hydroxyl groups is 1. The first kappa shape index (κ1) is 23.6. The first-order chi connectivity index (χ1) is 15.5. The van der Waals surface area contributed by atoms with E-state index in [9.17, 15) is 19.4 Å². The number of carbonyl (C=O) groups is 1. The predicted octanol–water partition coefficient (Wildman–Crippen LogP) is 6.68. The molecule has 0 aliphatic carbocycles. The van der Waals surface area contributed by atoms with Crippen molar-refractivity contribution in [3.8, 4) is 17.0 Å². The number of phenolic OH excluding ortho intramolecular Hbond substituents is 1. The van der Waals surface area contributed by atoms with E-state index in [4.69, 9.17) is 28.9 Å². The third-order valence-corrected chi connectivity index (χ3v) is 7.89. The summed E-state index contributed by atoms with van der Waals surface area (Å²) in [6, 6.07) is 6.76. The topological polar surface area (TPSA) is 109 Å². The number of carboxylic acid groups (broad SMARTS) is 1. The Morgan fingerprint density at radius 2 is 1.91 bits per heavy atom. The van der Waals surface area contributed by atoms with E-state index in [2.05, 4.69) is 9.98 Å². The summed E-state index contributed by atoms with van der Waals surface area (Å²) in [6.07, 6.45) is 0. The van der Waals surface area contributed by atoms with Crippen molar-refractivity contribution in [2.75, 3.05) is 0 Å². The summed E-state index contributed by atoms with van der Waals surface area (Å²) in [5.74, 6) is -2.48. The van der Waals surface area contributed by atoms with Crippen LogP contribution in [0.15, 0.2) is 45.2 Å². The van der Waals surface area contributed by atoms with Crippen molar-refractivity contribution in [2.24, 2.45) is 10.7 Å². The maximum Gasteiger partial charge on any atom is 0.355 e. The molecule has 0 radical (unpaired) electrons. The van der Waals surface area contributed by atoms with Gasteiger partial charge in [0.2, 0.25) is 5.13 Å². The molecule has 1 aliphatic heterocycles. The lowest BCUT2D eigenvalue weighted by atomic mass is 9.98. The van der Waals surface area contributed by atoms with Crippen molar-refractivity contribution in [2.45, 2.75) is 23.3 Å². The Hall–Kier alpha value is -2.59. The minimum atomic E-state index is -1.37. The Morgan fingerprint density at radius 3 is 2.55 bits per heavy atom. The highest BCUT2D eigenvalue weighted by molar-refractivity contribution is 8.01. The predicted molar refractivity (Wildman–Crippen MR) is 131 cm³/mol. The fourth-order valence-electron chi connectivity index (χ4n) is 3.50. The molecule has 0 spiro atoms. The van der Waals surface area contributed by atoms with Gasteiger partial charge >= 0.3 is 5.97 Å². The Balaban J connectivity index is 1.86. The number of benzene rings is 2. The highest BCUT2D eigenvalue weighted by atomic mass is 35.5. The Morgan fingerprint density at radius 1 is 1.21 bits per heavy atom. The monoisotopic (exact) mass is 523 g/mol. The molecule has 0 saturated carbocycles. The molecule has 1 atom stereocenters. The average Bonchev–Trinajstić information content (AvgIpc) is 3.10. The maximum atomic E-state index is 13.9. The number of aromatic nitrogens is 1. The number of halogens is 3. The van der Waals surface area contributed by atoms with Crippen molar-refractivity contribution in [3.05, 3.63) is 63.0 Å². The number of rotatable bonds is 4. The standard InChI is InChI=1S/C22H16Cl2FN3O3S2/c1-8(26)17(10-3-11(25)5-12(29)4-10)19(20(30)31)28-22-27-18-14-7-16(24)15(23)6-13(14)9(2)32-21(18)33-22/h3-7,9,29H,26H2,1-2H3,(H,30,31). The van der Waals surface area contributed by atoms with Gasteiger partial charge in [0.15, 0.2) is 5.71 Å². The minimum absolute atomic E-state index is 0.0123. The van der Waals surface area contributed by atoms with Gasteiger partial charge in [0.25, 0.3) is 0 Å². The van der Waals surface area contributed by atoms with Gasteiger partial charge in [0.05, 0.1) is 19.9 Å². The van der Waals surface area contributed by atoms with Crippen molar-refractivity contribution >= 4 is 68.7 Å². The smallest absolute Gasteiger partial charge is 0.355 e. The first-order valence-corrected chi connectivity index (χ1v) is 12.0. The van der Waals surface area contributed by atoms with Crippen LogP contribution < -0.4 is 5.73 Å². The van der Waals surface area contributed by atoms with Crippen molar-refractivity contribution in [1.82, 2.24) is 4.98 Å². The molecular weight excluding hydrogens is 508 g/mol. The molecule has 2 heterocycles. The molecule has 6 nitrogen and oxygen atoms in total. The average molecular weight is 524 g/mol. The van der Waals surface area contributed by atoms with Gasteiger partial charge < -0.3 is 15.9 Å². The van der Waals surface area contributed by atoms with Crippen LogP contribution in [-0.2, 0) is 4.79 Å². The molecule has 1 unspecified atom stereocenters. The normalized spacial score (nSPS) is 16.2. The van der Waals surface area contributed by atoms with Gasteiger partial charge in [-0.3, -0.25) is 0 Å². The van der Waals surface area contributed by atoms with Crippen LogP contribution in [-0.4, -0.2) is 26.9 Å². The summed E-state index contributed by atoms with van der Waals surface area (Å²) in [5.41, 5.74) is 8.12. The first-order valence-electron chi connectivity index (χ1n) is 9.50. The molecule has 11 heteroatoms. The van der Waals surface area contributed by atoms with E-state index in [1.54, 1.807) is 23.9 Å². The molecule has 3 aromatic rings. The fraction of sp³-hybridized carbons (Fsp3) is 0.136. The second-order valence-corrected chi connectivity index (χ2v) is 10.7. The van der Waals surface area contributed by atoms with Crippen LogP contribution in [0.1, 0.15) is 30.2 Å². The molecule has 0 amide bonds. The zero-order chi connectivity index (χ0) is 24.0. The zero-order valence-electron chi connectivity index (χ0n) is 17.2. The van der Waals surface area contributed by atoms with E-state index in [0.717, 1.165) is 27.5 Å². The zero-order valence-corrected chi connectivity index (χ0v) is 20.3. The van der Waals surface area contributed by atoms with E-state index in [1.165, 1.54) is 24.3 Å². The Bertz CT molecular complexity index is 1350. The molecular formula is C22H16Cl2FN3O3S2. The number of thioether (sulfide) groups is 1. The minimum Gasteiger partial charge on any atom is -0.508 e. The highest BCUT2D eigenvalue weighted by Gasteiger charge is 2.28. The molecule has 170 valence electrons. The van der Waals surface area contributed by atoms with Gasteiger partial charge in [-0.25, -0.2) is 19.2 Å². The molecule has 4 N–H and O–H groups in total. The summed E-state index contributed by atoms with van der Waals surface area (Å²) >= 11 is 15.2. The lowest BCUT2D eigenvalue weighted by Gasteiger charge is -2.21. The highest BCUT2D eigenvalue weighted by Crippen LogP contribution is 2.53. The number of aliphatic carboxylic acids is 1. The van der Waals surface area contributed by atoms with Crippen LogP contribution in [0.5, 0.6) is 5.75 Å². The third-order valence-electron chi connectivity index (χ3n) is 4.87. The summed E-state index contributed by atoms with van der Waals surface area (Å²) in [4.78, 5) is 20.9. The number of aliphatic imine (C=N–C) groups is 1. The molecule has 4 rings (SSSR count). The second kappa shape index (κ2) is 8.98. The number of thiazole rings is 1. The molecule has 0 bridgehead atoms. The Labute approximate surface area is 206 Å². The van der Waals surface area contributed by atoms with E-state index < -0.39 is 17.5 Å². The molecule has 0 saturated heterocycles.